The zero-order valence-corrected chi connectivity index (χ0v) is 13.6. The Hall–Kier alpha value is -2.75. The van der Waals surface area contributed by atoms with Crippen LogP contribution in [-0.4, -0.2) is 37.6 Å². The van der Waals surface area contributed by atoms with Crippen LogP contribution in [-0.2, 0) is 9.59 Å². The fraction of sp³-hybridized carbons (Fsp3) is 0.471. The molecule has 2 amide bonds. The van der Waals surface area contributed by atoms with E-state index >= 15 is 0 Å². The lowest BCUT2D eigenvalue weighted by Crippen LogP contribution is -2.46. The molecule has 0 radical (unpaired) electrons. The fourth-order valence-corrected chi connectivity index (χ4v) is 2.42. The van der Waals surface area contributed by atoms with E-state index in [4.69, 9.17) is 14.7 Å². The number of carbonyl (C=O) groups is 2. The second-order valence-electron chi connectivity index (χ2n) is 5.40. The molecule has 0 spiro atoms. The minimum Gasteiger partial charge on any atom is -0.490 e. The largest absolute Gasteiger partial charge is 0.490 e. The van der Waals surface area contributed by atoms with E-state index in [0.717, 1.165) is 12.8 Å². The quantitative estimate of drug-likeness (QED) is 0.813. The highest BCUT2D eigenvalue weighted by atomic mass is 16.5. The molecule has 1 fully saturated rings. The van der Waals surface area contributed by atoms with Crippen molar-refractivity contribution >= 4 is 11.8 Å². The van der Waals surface area contributed by atoms with Crippen molar-refractivity contribution in [1.29, 1.82) is 5.26 Å². The molecule has 0 saturated carbocycles. The van der Waals surface area contributed by atoms with Crippen molar-refractivity contribution in [2.24, 2.45) is 0 Å². The van der Waals surface area contributed by atoms with Gasteiger partial charge in [0.05, 0.1) is 18.2 Å². The van der Waals surface area contributed by atoms with Crippen LogP contribution in [0.5, 0.6) is 11.5 Å². The summed E-state index contributed by atoms with van der Waals surface area (Å²) in [6, 6.07) is 6.26. The predicted octanol–water partition coefficient (Wildman–Crippen LogP) is 1.12. The molecule has 7 nitrogen and oxygen atoms in total. The molecule has 0 aliphatic carbocycles. The average Bonchev–Trinajstić information content (AvgIpc) is 2.78. The molecule has 0 unspecified atom stereocenters. The van der Waals surface area contributed by atoms with Crippen LogP contribution < -0.4 is 20.1 Å². The van der Waals surface area contributed by atoms with Gasteiger partial charge in [0.25, 0.3) is 5.91 Å². The third kappa shape index (κ3) is 4.88. The molecule has 1 aliphatic heterocycles. The molecule has 24 heavy (non-hydrogen) atoms. The molecule has 0 bridgehead atoms. The highest BCUT2D eigenvalue weighted by Crippen LogP contribution is 2.28. The Morgan fingerprint density at radius 1 is 1.38 bits per heavy atom. The summed E-state index contributed by atoms with van der Waals surface area (Å²) in [4.78, 5) is 23.8. The SMILES string of the molecule is CCOc1cc(C#N)ccc1OCC(=O)N[C@H]1CCCCNC1=O. The van der Waals surface area contributed by atoms with Gasteiger partial charge in [-0.05, 0) is 38.3 Å². The van der Waals surface area contributed by atoms with Crippen LogP contribution in [0.1, 0.15) is 31.7 Å². The highest BCUT2D eigenvalue weighted by molar-refractivity contribution is 5.88. The van der Waals surface area contributed by atoms with Crippen LogP contribution in [0.4, 0.5) is 0 Å². The first-order chi connectivity index (χ1) is 11.6. The standard InChI is InChI=1S/C17H21N3O4/c1-2-23-15-9-12(10-18)6-7-14(15)24-11-16(21)20-13-5-3-4-8-19-17(13)22/h6-7,9,13H,2-5,8,11H2,1H3,(H,19,22)(H,20,21)/t13-/m0/s1. The van der Waals surface area contributed by atoms with Gasteiger partial charge in [-0.2, -0.15) is 5.26 Å². The summed E-state index contributed by atoms with van der Waals surface area (Å²) in [5.74, 6) is 0.269. The zero-order chi connectivity index (χ0) is 17.4. The van der Waals surface area contributed by atoms with Crippen molar-refractivity contribution in [2.75, 3.05) is 19.8 Å². The zero-order valence-electron chi connectivity index (χ0n) is 13.6. The van der Waals surface area contributed by atoms with Gasteiger partial charge in [0.1, 0.15) is 6.04 Å². The third-order valence-corrected chi connectivity index (χ3v) is 3.60. The maximum absolute atomic E-state index is 12.0. The lowest BCUT2D eigenvalue weighted by atomic mass is 10.1. The van der Waals surface area contributed by atoms with Gasteiger partial charge in [-0.3, -0.25) is 9.59 Å². The number of nitriles is 1. The van der Waals surface area contributed by atoms with Crippen LogP contribution in [0.3, 0.4) is 0 Å². The molecule has 1 aromatic rings. The van der Waals surface area contributed by atoms with E-state index in [-0.39, 0.29) is 18.4 Å². The summed E-state index contributed by atoms with van der Waals surface area (Å²) >= 11 is 0. The van der Waals surface area contributed by atoms with E-state index < -0.39 is 6.04 Å². The molecular formula is C17H21N3O4. The molecular weight excluding hydrogens is 310 g/mol. The fourth-order valence-electron chi connectivity index (χ4n) is 2.42. The third-order valence-electron chi connectivity index (χ3n) is 3.60. The van der Waals surface area contributed by atoms with Crippen molar-refractivity contribution in [3.05, 3.63) is 23.8 Å². The molecule has 128 valence electrons. The van der Waals surface area contributed by atoms with Gasteiger partial charge in [-0.1, -0.05) is 0 Å². The van der Waals surface area contributed by atoms with Crippen LogP contribution in [0.2, 0.25) is 0 Å². The molecule has 1 saturated heterocycles. The molecule has 1 aromatic carbocycles. The maximum atomic E-state index is 12.0. The number of hydrogen-bond donors (Lipinski definition) is 2. The summed E-state index contributed by atoms with van der Waals surface area (Å²) in [6.07, 6.45) is 2.42. The van der Waals surface area contributed by atoms with E-state index in [1.807, 2.05) is 13.0 Å². The molecule has 1 heterocycles. The Morgan fingerprint density at radius 3 is 2.96 bits per heavy atom. The number of nitrogens with zero attached hydrogens (tertiary/aromatic N) is 1. The average molecular weight is 331 g/mol. The normalized spacial score (nSPS) is 17.2. The lowest BCUT2D eigenvalue weighted by molar-refractivity contribution is -0.129. The van der Waals surface area contributed by atoms with Gasteiger partial charge in [0, 0.05) is 12.6 Å². The predicted molar refractivity (Wildman–Crippen MR) is 86.6 cm³/mol. The number of carbonyl (C=O) groups excluding carboxylic acids is 2. The Balaban J connectivity index is 1.93. The maximum Gasteiger partial charge on any atom is 0.258 e. The van der Waals surface area contributed by atoms with E-state index in [1.54, 1.807) is 18.2 Å². The molecule has 0 aromatic heterocycles. The summed E-state index contributed by atoms with van der Waals surface area (Å²) in [5.41, 5.74) is 0.449. The van der Waals surface area contributed by atoms with E-state index in [0.29, 0.717) is 36.6 Å². The molecule has 1 atom stereocenters. The number of hydrogen-bond acceptors (Lipinski definition) is 5. The summed E-state index contributed by atoms with van der Waals surface area (Å²) in [6.45, 7) is 2.65. The second-order valence-corrected chi connectivity index (χ2v) is 5.40. The van der Waals surface area contributed by atoms with Crippen LogP contribution in [0.15, 0.2) is 18.2 Å². The minimum absolute atomic E-state index is 0.158. The van der Waals surface area contributed by atoms with Gasteiger partial charge >= 0.3 is 0 Å². The lowest BCUT2D eigenvalue weighted by Gasteiger charge is -2.16. The number of benzene rings is 1. The van der Waals surface area contributed by atoms with Crippen LogP contribution in [0, 0.1) is 11.3 Å². The topological polar surface area (TPSA) is 100 Å². The van der Waals surface area contributed by atoms with Crippen molar-refractivity contribution in [2.45, 2.75) is 32.2 Å². The molecule has 7 heteroatoms. The second kappa shape index (κ2) is 8.77. The Kier molecular flexibility index (Phi) is 6.43. The number of amides is 2. The molecule has 2 rings (SSSR count). The Labute approximate surface area is 140 Å². The van der Waals surface area contributed by atoms with Gasteiger partial charge in [-0.15, -0.1) is 0 Å². The van der Waals surface area contributed by atoms with Crippen molar-refractivity contribution in [3.63, 3.8) is 0 Å². The number of rotatable bonds is 6. The van der Waals surface area contributed by atoms with Gasteiger partial charge in [0.15, 0.2) is 18.1 Å². The van der Waals surface area contributed by atoms with E-state index in [2.05, 4.69) is 10.6 Å². The highest BCUT2D eigenvalue weighted by Gasteiger charge is 2.22. The number of nitrogens with one attached hydrogen (secondary N) is 2. The monoisotopic (exact) mass is 331 g/mol. The summed E-state index contributed by atoms with van der Waals surface area (Å²) < 4.78 is 10.9. The van der Waals surface area contributed by atoms with E-state index in [9.17, 15) is 9.59 Å². The van der Waals surface area contributed by atoms with Gasteiger partial charge in [0.2, 0.25) is 5.91 Å². The van der Waals surface area contributed by atoms with Gasteiger partial charge < -0.3 is 20.1 Å². The molecule has 1 aliphatic rings. The smallest absolute Gasteiger partial charge is 0.258 e. The first kappa shape index (κ1) is 17.6. The molecule has 2 N–H and O–H groups in total. The van der Waals surface area contributed by atoms with Crippen LogP contribution >= 0.6 is 0 Å². The van der Waals surface area contributed by atoms with Gasteiger partial charge in [-0.25, -0.2) is 0 Å². The first-order valence-electron chi connectivity index (χ1n) is 8.01. The van der Waals surface area contributed by atoms with Crippen molar-refractivity contribution in [3.8, 4) is 17.6 Å². The summed E-state index contributed by atoms with van der Waals surface area (Å²) in [7, 11) is 0. The Bertz CT molecular complexity index is 639. The van der Waals surface area contributed by atoms with E-state index in [1.165, 1.54) is 0 Å². The summed E-state index contributed by atoms with van der Waals surface area (Å²) in [5, 5.41) is 14.4. The van der Waals surface area contributed by atoms with Crippen LogP contribution in [0.25, 0.3) is 0 Å². The Morgan fingerprint density at radius 2 is 2.21 bits per heavy atom. The minimum atomic E-state index is -0.518. The number of ether oxygens (including phenoxy) is 2. The first-order valence-corrected chi connectivity index (χ1v) is 8.01. The van der Waals surface area contributed by atoms with Crippen molar-refractivity contribution < 1.29 is 19.1 Å². The van der Waals surface area contributed by atoms with Crippen molar-refractivity contribution in [1.82, 2.24) is 10.6 Å².